The van der Waals surface area contributed by atoms with Gasteiger partial charge in [-0.3, -0.25) is 4.79 Å². The van der Waals surface area contributed by atoms with Crippen molar-refractivity contribution in [2.24, 2.45) is 0 Å². The first-order chi connectivity index (χ1) is 7.86. The van der Waals surface area contributed by atoms with E-state index < -0.39 is 0 Å². The second-order valence-corrected chi connectivity index (χ2v) is 5.19. The van der Waals surface area contributed by atoms with E-state index in [0.717, 1.165) is 19.4 Å². The van der Waals surface area contributed by atoms with Crippen LogP contribution in [0.2, 0.25) is 0 Å². The largest absolute Gasteiger partial charge is 0.355 e. The Hall–Kier alpha value is -0.570. The van der Waals surface area contributed by atoms with E-state index in [1.165, 1.54) is 44.9 Å². The Morgan fingerprint density at radius 3 is 2.38 bits per heavy atom. The van der Waals surface area contributed by atoms with Crippen LogP contribution >= 0.6 is 0 Å². The molecule has 2 rings (SSSR count). The van der Waals surface area contributed by atoms with Crippen LogP contribution < -0.4 is 10.6 Å². The lowest BCUT2D eigenvalue weighted by Crippen LogP contribution is -2.47. The summed E-state index contributed by atoms with van der Waals surface area (Å²) in [6.07, 6.45) is 11.2. The maximum atomic E-state index is 11.8. The summed E-state index contributed by atoms with van der Waals surface area (Å²) in [7, 11) is 0. The van der Waals surface area contributed by atoms with Crippen LogP contribution in [-0.2, 0) is 4.79 Å². The van der Waals surface area contributed by atoms with Crippen molar-refractivity contribution in [1.29, 1.82) is 0 Å². The van der Waals surface area contributed by atoms with E-state index in [0.29, 0.717) is 6.04 Å². The Morgan fingerprint density at radius 1 is 0.938 bits per heavy atom. The molecule has 2 aliphatic rings. The average Bonchev–Trinajstić information content (AvgIpc) is 2.64. The van der Waals surface area contributed by atoms with Crippen molar-refractivity contribution in [3.05, 3.63) is 0 Å². The minimum absolute atomic E-state index is 0.0746. The monoisotopic (exact) mass is 224 g/mol. The third-order valence-corrected chi connectivity index (χ3v) is 3.83. The van der Waals surface area contributed by atoms with Crippen LogP contribution in [0.1, 0.15) is 57.8 Å². The molecular weight excluding hydrogens is 200 g/mol. The van der Waals surface area contributed by atoms with Gasteiger partial charge in [0.2, 0.25) is 5.91 Å². The predicted octanol–water partition coefficient (Wildman–Crippen LogP) is 1.97. The third kappa shape index (κ3) is 3.48. The maximum absolute atomic E-state index is 11.8. The Kier molecular flexibility index (Phi) is 4.64. The molecule has 0 aromatic carbocycles. The van der Waals surface area contributed by atoms with Gasteiger partial charge < -0.3 is 10.6 Å². The van der Waals surface area contributed by atoms with Crippen LogP contribution in [0.3, 0.4) is 0 Å². The molecule has 1 unspecified atom stereocenters. The van der Waals surface area contributed by atoms with E-state index in [-0.39, 0.29) is 11.9 Å². The zero-order chi connectivity index (χ0) is 11.2. The van der Waals surface area contributed by atoms with Crippen molar-refractivity contribution in [3.63, 3.8) is 0 Å². The molecule has 1 saturated heterocycles. The molecule has 1 aliphatic carbocycles. The van der Waals surface area contributed by atoms with Gasteiger partial charge in [0, 0.05) is 12.6 Å². The van der Waals surface area contributed by atoms with Crippen LogP contribution in [0.5, 0.6) is 0 Å². The topological polar surface area (TPSA) is 41.1 Å². The van der Waals surface area contributed by atoms with Gasteiger partial charge in [0.05, 0.1) is 6.04 Å². The predicted molar refractivity (Wildman–Crippen MR) is 65.3 cm³/mol. The van der Waals surface area contributed by atoms with Gasteiger partial charge in [-0.2, -0.15) is 0 Å². The number of carbonyl (C=O) groups is 1. The van der Waals surface area contributed by atoms with E-state index in [4.69, 9.17) is 0 Å². The Morgan fingerprint density at radius 2 is 1.62 bits per heavy atom. The van der Waals surface area contributed by atoms with E-state index in [9.17, 15) is 4.79 Å². The Labute approximate surface area is 98.4 Å². The van der Waals surface area contributed by atoms with E-state index in [1.807, 2.05) is 0 Å². The van der Waals surface area contributed by atoms with Crippen LogP contribution in [0.15, 0.2) is 0 Å². The summed E-state index contributed by atoms with van der Waals surface area (Å²) in [5.74, 6) is 0.224. The van der Waals surface area contributed by atoms with Crippen LogP contribution in [-0.4, -0.2) is 24.5 Å². The molecule has 3 heteroatoms. The molecule has 1 heterocycles. The highest BCUT2D eigenvalue weighted by Crippen LogP contribution is 2.18. The van der Waals surface area contributed by atoms with Crippen LogP contribution in [0.25, 0.3) is 0 Å². The lowest BCUT2D eigenvalue weighted by molar-refractivity contribution is -0.123. The molecule has 0 aromatic rings. The summed E-state index contributed by atoms with van der Waals surface area (Å²) >= 11 is 0. The molecule has 0 aromatic heterocycles. The third-order valence-electron chi connectivity index (χ3n) is 3.83. The summed E-state index contributed by atoms with van der Waals surface area (Å²) < 4.78 is 0. The lowest BCUT2D eigenvalue weighted by atomic mass is 10.1. The molecule has 1 saturated carbocycles. The van der Waals surface area contributed by atoms with Crippen molar-refractivity contribution in [1.82, 2.24) is 10.6 Å². The zero-order valence-corrected chi connectivity index (χ0v) is 10.1. The first kappa shape index (κ1) is 11.9. The Balaban J connectivity index is 1.83. The number of nitrogens with one attached hydrogen (secondary N) is 2. The Bertz CT molecular complexity index is 222. The highest BCUT2D eigenvalue weighted by molar-refractivity contribution is 5.81. The molecule has 1 atom stereocenters. The lowest BCUT2D eigenvalue weighted by Gasteiger charge is -2.22. The highest BCUT2D eigenvalue weighted by Gasteiger charge is 2.23. The normalized spacial score (nSPS) is 29.2. The molecule has 0 radical (unpaired) electrons. The van der Waals surface area contributed by atoms with Crippen LogP contribution in [0, 0.1) is 0 Å². The van der Waals surface area contributed by atoms with Crippen molar-refractivity contribution in [2.75, 3.05) is 6.54 Å². The minimum Gasteiger partial charge on any atom is -0.355 e. The first-order valence-corrected chi connectivity index (χ1v) is 6.90. The first-order valence-electron chi connectivity index (χ1n) is 6.90. The van der Waals surface area contributed by atoms with Crippen molar-refractivity contribution < 1.29 is 4.79 Å². The summed E-state index contributed by atoms with van der Waals surface area (Å²) in [5.41, 5.74) is 0. The molecule has 3 nitrogen and oxygen atoms in total. The van der Waals surface area contributed by atoms with Gasteiger partial charge in [-0.25, -0.2) is 0 Å². The van der Waals surface area contributed by atoms with Crippen LogP contribution in [0.4, 0.5) is 0 Å². The number of amides is 1. The minimum atomic E-state index is 0.0746. The van der Waals surface area contributed by atoms with Crippen molar-refractivity contribution in [2.45, 2.75) is 69.9 Å². The number of hydrogen-bond acceptors (Lipinski definition) is 2. The highest BCUT2D eigenvalue weighted by atomic mass is 16.2. The standard InChI is InChI=1S/C13H24N2O/c16-13-12(9-5-6-10-14-13)15-11-7-3-1-2-4-8-11/h11-12,15H,1-10H2,(H,14,16). The van der Waals surface area contributed by atoms with Gasteiger partial charge in [0.25, 0.3) is 0 Å². The number of carbonyl (C=O) groups excluding carboxylic acids is 1. The molecular formula is C13H24N2O. The molecule has 2 fully saturated rings. The van der Waals surface area contributed by atoms with Gasteiger partial charge in [0.1, 0.15) is 0 Å². The fourth-order valence-electron chi connectivity index (χ4n) is 2.83. The summed E-state index contributed by atoms with van der Waals surface area (Å²) in [6, 6.07) is 0.655. The number of hydrogen-bond donors (Lipinski definition) is 2. The van der Waals surface area contributed by atoms with Gasteiger partial charge in [0.15, 0.2) is 0 Å². The van der Waals surface area contributed by atoms with Crippen molar-refractivity contribution in [3.8, 4) is 0 Å². The van der Waals surface area contributed by atoms with Gasteiger partial charge in [-0.05, 0) is 32.1 Å². The summed E-state index contributed by atoms with van der Waals surface area (Å²) in [4.78, 5) is 11.8. The van der Waals surface area contributed by atoms with Crippen molar-refractivity contribution >= 4 is 5.91 Å². The second kappa shape index (κ2) is 6.24. The van der Waals surface area contributed by atoms with E-state index in [2.05, 4.69) is 10.6 Å². The van der Waals surface area contributed by atoms with Gasteiger partial charge in [-0.15, -0.1) is 0 Å². The molecule has 2 N–H and O–H groups in total. The quantitative estimate of drug-likeness (QED) is 0.704. The fraction of sp³-hybridized carbons (Fsp3) is 0.923. The van der Waals surface area contributed by atoms with Gasteiger partial charge >= 0.3 is 0 Å². The molecule has 16 heavy (non-hydrogen) atoms. The van der Waals surface area contributed by atoms with E-state index in [1.54, 1.807) is 0 Å². The molecule has 0 spiro atoms. The fourth-order valence-corrected chi connectivity index (χ4v) is 2.83. The SMILES string of the molecule is O=C1NCCCCC1NC1CCCCCC1. The molecule has 92 valence electrons. The summed E-state index contributed by atoms with van der Waals surface area (Å²) in [5, 5.41) is 6.57. The number of rotatable bonds is 2. The molecule has 1 amide bonds. The van der Waals surface area contributed by atoms with E-state index >= 15 is 0 Å². The molecule has 0 bridgehead atoms. The molecule has 1 aliphatic heterocycles. The smallest absolute Gasteiger partial charge is 0.237 e. The van der Waals surface area contributed by atoms with Gasteiger partial charge in [-0.1, -0.05) is 25.7 Å². The summed E-state index contributed by atoms with van der Waals surface area (Å²) in [6.45, 7) is 0.863. The average molecular weight is 224 g/mol. The second-order valence-electron chi connectivity index (χ2n) is 5.19. The maximum Gasteiger partial charge on any atom is 0.237 e. The zero-order valence-electron chi connectivity index (χ0n) is 10.1.